The van der Waals surface area contributed by atoms with Crippen LogP contribution in [0.5, 0.6) is 5.75 Å². The van der Waals surface area contributed by atoms with Gasteiger partial charge >= 0.3 is 5.97 Å². The van der Waals surface area contributed by atoms with Crippen molar-refractivity contribution < 1.29 is 28.9 Å². The summed E-state index contributed by atoms with van der Waals surface area (Å²) in [7, 11) is 1.63. The fourth-order valence-electron chi connectivity index (χ4n) is 2.83. The maximum Gasteiger partial charge on any atom is 0.305 e. The summed E-state index contributed by atoms with van der Waals surface area (Å²) in [4.78, 5) is 23.8. The summed E-state index contributed by atoms with van der Waals surface area (Å²) in [6, 6.07) is 6.88. The molecule has 1 saturated heterocycles. The fraction of sp³-hybridized carbons (Fsp3) is 0.556. The van der Waals surface area contributed by atoms with Crippen LogP contribution in [0.3, 0.4) is 0 Å². The van der Waals surface area contributed by atoms with Gasteiger partial charge < -0.3 is 24.6 Å². The molecule has 1 aliphatic heterocycles. The number of carbonyl (C=O) groups excluding carboxylic acids is 1. The van der Waals surface area contributed by atoms with Gasteiger partial charge in [-0.3, -0.25) is 9.59 Å². The Morgan fingerprint density at radius 3 is 2.72 bits per heavy atom. The SMILES string of the molecule is COCCCOc1cccc(C(=O)NC2(CC(=O)O)CCOCC2)c1. The van der Waals surface area contributed by atoms with E-state index in [1.54, 1.807) is 31.4 Å². The lowest BCUT2D eigenvalue weighted by atomic mass is 9.86. The number of benzene rings is 1. The van der Waals surface area contributed by atoms with Crippen molar-refractivity contribution in [3.63, 3.8) is 0 Å². The Morgan fingerprint density at radius 2 is 2.04 bits per heavy atom. The van der Waals surface area contributed by atoms with Crippen LogP contribution in [-0.4, -0.2) is 56.1 Å². The van der Waals surface area contributed by atoms with Crippen LogP contribution in [0, 0.1) is 0 Å². The lowest BCUT2D eigenvalue weighted by molar-refractivity contribution is -0.139. The molecule has 0 saturated carbocycles. The van der Waals surface area contributed by atoms with Crippen molar-refractivity contribution in [2.45, 2.75) is 31.2 Å². The minimum atomic E-state index is -0.933. The number of amides is 1. The Hall–Kier alpha value is -2.12. The van der Waals surface area contributed by atoms with E-state index in [9.17, 15) is 14.7 Å². The minimum absolute atomic E-state index is 0.116. The zero-order chi connectivity index (χ0) is 18.1. The monoisotopic (exact) mass is 351 g/mol. The average molecular weight is 351 g/mol. The average Bonchev–Trinajstić information content (AvgIpc) is 2.59. The van der Waals surface area contributed by atoms with Gasteiger partial charge in [-0.15, -0.1) is 0 Å². The molecule has 0 bridgehead atoms. The Labute approximate surface area is 147 Å². The van der Waals surface area contributed by atoms with Crippen LogP contribution >= 0.6 is 0 Å². The highest BCUT2D eigenvalue weighted by molar-refractivity contribution is 5.95. The standard InChI is InChI=1S/C18H25NO6/c1-23-8-3-9-25-15-5-2-4-14(12-15)17(22)19-18(13-16(20)21)6-10-24-11-7-18/h2,4-5,12H,3,6-11,13H2,1H3,(H,19,22)(H,20,21). The summed E-state index contributed by atoms with van der Waals surface area (Å²) in [5, 5.41) is 12.1. The normalized spacial score (nSPS) is 16.2. The Kier molecular flexibility index (Phi) is 7.21. The molecule has 0 aliphatic carbocycles. The van der Waals surface area contributed by atoms with Gasteiger partial charge in [0.1, 0.15) is 5.75 Å². The highest BCUT2D eigenvalue weighted by Crippen LogP contribution is 2.25. The number of carboxylic acids is 1. The van der Waals surface area contributed by atoms with Gasteiger partial charge in [-0.05, 0) is 31.0 Å². The number of nitrogens with one attached hydrogen (secondary N) is 1. The van der Waals surface area contributed by atoms with Crippen LogP contribution in [0.1, 0.15) is 36.0 Å². The molecular formula is C18H25NO6. The Morgan fingerprint density at radius 1 is 1.28 bits per heavy atom. The fourth-order valence-corrected chi connectivity index (χ4v) is 2.83. The zero-order valence-electron chi connectivity index (χ0n) is 14.5. The summed E-state index contributed by atoms with van der Waals surface area (Å²) in [6.45, 7) is 1.99. The molecule has 7 nitrogen and oxygen atoms in total. The molecule has 2 N–H and O–H groups in total. The van der Waals surface area contributed by atoms with Crippen molar-refractivity contribution in [3.05, 3.63) is 29.8 Å². The lowest BCUT2D eigenvalue weighted by Crippen LogP contribution is -2.53. The summed E-state index contributed by atoms with van der Waals surface area (Å²) < 4.78 is 15.9. The highest BCUT2D eigenvalue weighted by atomic mass is 16.5. The molecule has 0 radical (unpaired) electrons. The first-order chi connectivity index (χ1) is 12.0. The number of carboxylic acid groups (broad SMARTS) is 1. The molecule has 1 aromatic rings. The second-order valence-electron chi connectivity index (χ2n) is 6.14. The zero-order valence-corrected chi connectivity index (χ0v) is 14.5. The van der Waals surface area contributed by atoms with Gasteiger partial charge in [-0.2, -0.15) is 0 Å². The van der Waals surface area contributed by atoms with E-state index in [4.69, 9.17) is 14.2 Å². The molecule has 0 unspecified atom stereocenters. The van der Waals surface area contributed by atoms with Crippen LogP contribution in [0.15, 0.2) is 24.3 Å². The molecular weight excluding hydrogens is 326 g/mol. The van der Waals surface area contributed by atoms with Crippen molar-refractivity contribution in [3.8, 4) is 5.75 Å². The summed E-state index contributed by atoms with van der Waals surface area (Å²) in [6.07, 6.45) is 1.61. The number of ether oxygens (including phenoxy) is 3. The van der Waals surface area contributed by atoms with E-state index in [-0.39, 0.29) is 12.3 Å². The molecule has 1 heterocycles. The molecule has 25 heavy (non-hydrogen) atoms. The van der Waals surface area contributed by atoms with Crippen LogP contribution in [0.2, 0.25) is 0 Å². The molecule has 1 aromatic carbocycles. The third kappa shape index (κ3) is 6.03. The number of aliphatic carboxylic acids is 1. The molecule has 138 valence electrons. The molecule has 1 aliphatic rings. The minimum Gasteiger partial charge on any atom is -0.493 e. The largest absolute Gasteiger partial charge is 0.493 e. The first-order valence-electron chi connectivity index (χ1n) is 8.38. The van der Waals surface area contributed by atoms with E-state index in [0.717, 1.165) is 6.42 Å². The van der Waals surface area contributed by atoms with Gasteiger partial charge in [0.05, 0.1) is 18.6 Å². The van der Waals surface area contributed by atoms with Gasteiger partial charge in [0.25, 0.3) is 5.91 Å². The predicted molar refractivity (Wildman–Crippen MR) is 90.9 cm³/mol. The highest BCUT2D eigenvalue weighted by Gasteiger charge is 2.36. The van der Waals surface area contributed by atoms with Crippen LogP contribution in [0.4, 0.5) is 0 Å². The molecule has 0 aromatic heterocycles. The van der Waals surface area contributed by atoms with Gasteiger partial charge in [-0.25, -0.2) is 0 Å². The molecule has 7 heteroatoms. The third-order valence-corrected chi connectivity index (χ3v) is 4.18. The first-order valence-corrected chi connectivity index (χ1v) is 8.38. The molecule has 2 rings (SSSR count). The maximum absolute atomic E-state index is 12.6. The Bertz CT molecular complexity index is 583. The van der Waals surface area contributed by atoms with Crippen LogP contribution in [0.25, 0.3) is 0 Å². The van der Waals surface area contributed by atoms with E-state index in [0.29, 0.717) is 50.6 Å². The molecule has 1 fully saturated rings. The molecule has 1 amide bonds. The van der Waals surface area contributed by atoms with E-state index in [2.05, 4.69) is 5.32 Å². The number of carbonyl (C=O) groups is 2. The smallest absolute Gasteiger partial charge is 0.305 e. The summed E-state index contributed by atoms with van der Waals surface area (Å²) in [5.74, 6) is -0.633. The number of methoxy groups -OCH3 is 1. The van der Waals surface area contributed by atoms with Crippen molar-refractivity contribution in [1.82, 2.24) is 5.32 Å². The van der Waals surface area contributed by atoms with E-state index in [1.165, 1.54) is 0 Å². The lowest BCUT2D eigenvalue weighted by Gasteiger charge is -2.36. The van der Waals surface area contributed by atoms with Crippen molar-refractivity contribution >= 4 is 11.9 Å². The second-order valence-corrected chi connectivity index (χ2v) is 6.14. The van der Waals surface area contributed by atoms with Gasteiger partial charge in [0.2, 0.25) is 0 Å². The van der Waals surface area contributed by atoms with E-state index >= 15 is 0 Å². The van der Waals surface area contributed by atoms with E-state index < -0.39 is 11.5 Å². The quantitative estimate of drug-likeness (QED) is 0.660. The number of hydrogen-bond donors (Lipinski definition) is 2. The first kappa shape index (κ1) is 19.2. The number of hydrogen-bond acceptors (Lipinski definition) is 5. The Balaban J connectivity index is 2.01. The second kappa shape index (κ2) is 9.39. The van der Waals surface area contributed by atoms with Gasteiger partial charge in [-0.1, -0.05) is 6.07 Å². The number of rotatable bonds is 9. The van der Waals surface area contributed by atoms with Crippen LogP contribution < -0.4 is 10.1 Å². The summed E-state index contributed by atoms with van der Waals surface area (Å²) >= 11 is 0. The third-order valence-electron chi connectivity index (χ3n) is 4.18. The van der Waals surface area contributed by atoms with Crippen molar-refractivity contribution in [1.29, 1.82) is 0 Å². The van der Waals surface area contributed by atoms with E-state index in [1.807, 2.05) is 0 Å². The summed E-state index contributed by atoms with van der Waals surface area (Å²) in [5.41, 5.74) is -0.322. The van der Waals surface area contributed by atoms with Crippen molar-refractivity contribution in [2.75, 3.05) is 33.5 Å². The molecule has 0 spiro atoms. The van der Waals surface area contributed by atoms with Crippen molar-refractivity contribution in [2.24, 2.45) is 0 Å². The van der Waals surface area contributed by atoms with Crippen LogP contribution in [-0.2, 0) is 14.3 Å². The maximum atomic E-state index is 12.6. The molecule has 0 atom stereocenters. The topological polar surface area (TPSA) is 94.1 Å². The predicted octanol–water partition coefficient (Wildman–Crippen LogP) is 1.86. The van der Waals surface area contributed by atoms with Gasteiger partial charge in [0.15, 0.2) is 0 Å². The van der Waals surface area contributed by atoms with Gasteiger partial charge in [0, 0.05) is 38.9 Å².